The third kappa shape index (κ3) is 4.99. The highest BCUT2D eigenvalue weighted by molar-refractivity contribution is 6.30. The van der Waals surface area contributed by atoms with Gasteiger partial charge in [0.15, 0.2) is 5.58 Å². The third-order valence-corrected chi connectivity index (χ3v) is 14.9. The molecule has 2 saturated carbocycles. The normalized spacial score (nSPS) is 31.8. The molecule has 1 heterocycles. The third-order valence-electron chi connectivity index (χ3n) is 14.7. The molecule has 1 amide bonds. The zero-order chi connectivity index (χ0) is 36.8. The molecule has 1 N–H and O–H groups in total. The summed E-state index contributed by atoms with van der Waals surface area (Å²) in [5.74, 6) is 0.735. The molecule has 0 spiro atoms. The van der Waals surface area contributed by atoms with Gasteiger partial charge in [-0.25, -0.2) is 4.98 Å². The first kappa shape index (κ1) is 34.9. The van der Waals surface area contributed by atoms with E-state index in [-0.39, 0.29) is 33.5 Å². The number of nitrogens with one attached hydrogen (secondary N) is 1. The van der Waals surface area contributed by atoms with Crippen molar-refractivity contribution in [3.05, 3.63) is 99.6 Å². The van der Waals surface area contributed by atoms with E-state index >= 15 is 0 Å². The Kier molecular flexibility index (Phi) is 8.01. The lowest BCUT2D eigenvalue weighted by molar-refractivity contribution is -0.190. The monoisotopic (exact) mass is 716 g/mol. The van der Waals surface area contributed by atoms with Crippen LogP contribution in [-0.4, -0.2) is 24.0 Å². The van der Waals surface area contributed by atoms with Crippen molar-refractivity contribution in [3.8, 4) is 11.5 Å². The van der Waals surface area contributed by atoms with E-state index in [4.69, 9.17) is 25.7 Å². The molecule has 52 heavy (non-hydrogen) atoms. The van der Waals surface area contributed by atoms with Gasteiger partial charge >= 0.3 is 5.97 Å². The number of fused-ring (bicyclic) bond motifs is 8. The quantitative estimate of drug-likeness (QED) is 0.208. The number of allylic oxidation sites excluding steroid dienone is 3. The molecule has 0 unspecified atom stereocenters. The van der Waals surface area contributed by atoms with Gasteiger partial charge in [-0.3, -0.25) is 9.59 Å². The van der Waals surface area contributed by atoms with Crippen LogP contribution >= 0.6 is 11.6 Å². The van der Waals surface area contributed by atoms with Crippen LogP contribution in [0.5, 0.6) is 0 Å². The van der Waals surface area contributed by atoms with Gasteiger partial charge in [0, 0.05) is 33.7 Å². The van der Waals surface area contributed by atoms with Gasteiger partial charge in [0.2, 0.25) is 5.89 Å². The van der Waals surface area contributed by atoms with Crippen LogP contribution in [0, 0.1) is 39.9 Å². The van der Waals surface area contributed by atoms with Gasteiger partial charge in [0.05, 0.1) is 12.5 Å². The lowest BCUT2D eigenvalue weighted by Gasteiger charge is -2.70. The molecule has 6 nitrogen and oxygen atoms in total. The number of aromatic nitrogens is 1. The van der Waals surface area contributed by atoms with E-state index in [0.717, 1.165) is 66.3 Å². The van der Waals surface area contributed by atoms with Crippen molar-refractivity contribution < 1.29 is 18.7 Å². The molecule has 4 aliphatic carbocycles. The summed E-state index contributed by atoms with van der Waals surface area (Å²) in [6.07, 6.45) is 13.4. The second kappa shape index (κ2) is 11.9. The van der Waals surface area contributed by atoms with Gasteiger partial charge in [-0.05, 0) is 139 Å². The van der Waals surface area contributed by atoms with Crippen LogP contribution in [0.15, 0.2) is 71.2 Å². The van der Waals surface area contributed by atoms with Crippen molar-refractivity contribution >= 4 is 46.2 Å². The largest absolute Gasteiger partial charge is 0.469 e. The fourth-order valence-corrected chi connectivity index (χ4v) is 11.0. The number of amides is 1. The Bertz CT molecular complexity index is 2180. The number of benzene rings is 3. The number of methoxy groups -OCH3 is 1. The number of carbonyl (C=O) groups is 2. The number of nitrogens with zero attached hydrogens (tertiary/aromatic N) is 1. The second-order valence-electron chi connectivity index (χ2n) is 17.3. The van der Waals surface area contributed by atoms with Crippen molar-refractivity contribution in [2.75, 3.05) is 7.11 Å². The van der Waals surface area contributed by atoms with Gasteiger partial charge in [-0.15, -0.1) is 0 Å². The number of hydrogen-bond donors (Lipinski definition) is 1. The van der Waals surface area contributed by atoms with Crippen LogP contribution in [0.4, 0.5) is 0 Å². The molecule has 3 aromatic carbocycles. The molecule has 0 radical (unpaired) electrons. The van der Waals surface area contributed by atoms with E-state index in [2.05, 4.69) is 71.2 Å². The average molecular weight is 717 g/mol. The number of hydrogen-bond acceptors (Lipinski definition) is 5. The standard InChI is InChI=1S/C45H49ClN2O4/c1-27-32-16-18-43(4)34(17-19-44(5)36-25-42(3,40(50)51-7)21-20-41(36,2)22-23-45(43,44)6)33(32)24-35-37(27)52-39(48-35)30-12-10-29(11-13-30)38(49)47-26-28-8-14-31(46)15-9-28/h8-18,24,36H,19-23,25-26H2,1-7H3,(H,47,49)/t36-,41+,42+,43+,44-,45+/m0/s1. The molecule has 4 aliphatic rings. The SMILES string of the molecule is COC(=O)[C@]1(C)CC[C@]2(C)CC[C@@]3(C)[C@@](C)(CC=C4c5cc6nc(-c7ccc(C(=O)NCc8ccc(Cl)cc8)cc7)oc6c(C)c5C=C[C@]43C)[C@H]2C1. The number of carbonyl (C=O) groups excluding carboxylic acids is 2. The lowest BCUT2D eigenvalue weighted by Crippen LogP contribution is -2.63. The number of ether oxygens (including phenoxy) is 1. The number of halogens is 1. The van der Waals surface area contributed by atoms with Crippen molar-refractivity contribution in [3.63, 3.8) is 0 Å². The van der Waals surface area contributed by atoms with E-state index in [9.17, 15) is 9.59 Å². The highest BCUT2D eigenvalue weighted by Gasteiger charge is 2.68. The number of aryl methyl sites for hydroxylation is 1. The van der Waals surface area contributed by atoms with Gasteiger partial charge in [0.25, 0.3) is 5.91 Å². The number of oxazole rings is 1. The maximum atomic E-state index is 13.1. The van der Waals surface area contributed by atoms with Crippen molar-refractivity contribution in [2.24, 2.45) is 33.0 Å². The van der Waals surface area contributed by atoms with Crippen LogP contribution in [0.25, 0.3) is 34.2 Å². The predicted octanol–water partition coefficient (Wildman–Crippen LogP) is 11.0. The fourth-order valence-electron chi connectivity index (χ4n) is 10.9. The summed E-state index contributed by atoms with van der Waals surface area (Å²) in [6.45, 7) is 14.7. The number of rotatable bonds is 5. The van der Waals surface area contributed by atoms with Crippen molar-refractivity contribution in [1.82, 2.24) is 10.3 Å². The maximum absolute atomic E-state index is 13.1. The molecule has 1 aromatic heterocycles. The van der Waals surface area contributed by atoms with Crippen LogP contribution in [0.2, 0.25) is 5.02 Å². The molecule has 0 bridgehead atoms. The zero-order valence-corrected chi connectivity index (χ0v) is 32.2. The molecule has 4 aromatic rings. The molecule has 2 fully saturated rings. The Labute approximate surface area is 312 Å². The predicted molar refractivity (Wildman–Crippen MR) is 208 cm³/mol. The summed E-state index contributed by atoms with van der Waals surface area (Å²) in [4.78, 5) is 31.0. The summed E-state index contributed by atoms with van der Waals surface area (Å²) in [5, 5.41) is 3.64. The van der Waals surface area contributed by atoms with E-state index in [1.807, 2.05) is 48.5 Å². The van der Waals surface area contributed by atoms with Crippen LogP contribution in [0.1, 0.15) is 106 Å². The van der Waals surface area contributed by atoms with Gasteiger partial charge in [0.1, 0.15) is 5.52 Å². The summed E-state index contributed by atoms with van der Waals surface area (Å²) in [5.41, 5.74) is 8.45. The van der Waals surface area contributed by atoms with Gasteiger partial charge < -0.3 is 14.5 Å². The van der Waals surface area contributed by atoms with Crippen LogP contribution < -0.4 is 5.32 Å². The topological polar surface area (TPSA) is 81.4 Å². The van der Waals surface area contributed by atoms with Crippen molar-refractivity contribution in [1.29, 1.82) is 0 Å². The summed E-state index contributed by atoms with van der Waals surface area (Å²) < 4.78 is 11.8. The first-order valence-electron chi connectivity index (χ1n) is 18.7. The molecule has 0 aliphatic heterocycles. The van der Waals surface area contributed by atoms with Crippen LogP contribution in [-0.2, 0) is 16.1 Å². The minimum atomic E-state index is -0.446. The minimum absolute atomic E-state index is 0.00884. The molecule has 6 atom stereocenters. The van der Waals surface area contributed by atoms with Gasteiger partial charge in [-0.1, -0.05) is 69.7 Å². The van der Waals surface area contributed by atoms with E-state index < -0.39 is 5.41 Å². The zero-order valence-electron chi connectivity index (χ0n) is 31.4. The maximum Gasteiger partial charge on any atom is 0.311 e. The first-order chi connectivity index (χ1) is 24.6. The Hall–Kier alpha value is -4.16. The average Bonchev–Trinajstić information content (AvgIpc) is 3.57. The highest BCUT2D eigenvalue weighted by atomic mass is 35.5. The Morgan fingerprint density at radius 2 is 1.69 bits per heavy atom. The highest BCUT2D eigenvalue weighted by Crippen LogP contribution is 2.76. The summed E-state index contributed by atoms with van der Waals surface area (Å²) >= 11 is 5.99. The Morgan fingerprint density at radius 3 is 2.40 bits per heavy atom. The molecule has 8 rings (SSSR count). The number of esters is 1. The molecule has 0 saturated heterocycles. The Morgan fingerprint density at radius 1 is 0.981 bits per heavy atom. The van der Waals surface area contributed by atoms with E-state index in [0.29, 0.717) is 28.9 Å². The van der Waals surface area contributed by atoms with Crippen molar-refractivity contribution in [2.45, 2.75) is 86.6 Å². The smallest absolute Gasteiger partial charge is 0.311 e. The molecule has 270 valence electrons. The minimum Gasteiger partial charge on any atom is -0.469 e. The molecule has 7 heteroatoms. The first-order valence-corrected chi connectivity index (χ1v) is 19.1. The summed E-state index contributed by atoms with van der Waals surface area (Å²) in [6, 6.07) is 17.1. The second-order valence-corrected chi connectivity index (χ2v) is 17.7. The molecular weight excluding hydrogens is 668 g/mol. The summed E-state index contributed by atoms with van der Waals surface area (Å²) in [7, 11) is 1.54. The molecular formula is C45H49ClN2O4. The van der Waals surface area contributed by atoms with Crippen LogP contribution in [0.3, 0.4) is 0 Å². The van der Waals surface area contributed by atoms with Gasteiger partial charge in [-0.2, -0.15) is 0 Å². The van der Waals surface area contributed by atoms with E-state index in [1.165, 1.54) is 23.8 Å². The lowest BCUT2D eigenvalue weighted by atomic mass is 9.33. The Balaban J connectivity index is 1.10. The fraction of sp³-hybridized carbons (Fsp3) is 0.444. The van der Waals surface area contributed by atoms with E-state index in [1.54, 1.807) is 0 Å².